The van der Waals surface area contributed by atoms with Crippen LogP contribution in [0.2, 0.25) is 0 Å². The number of aromatic nitrogens is 1. The van der Waals surface area contributed by atoms with E-state index in [2.05, 4.69) is 34.9 Å². The third kappa shape index (κ3) is 4.51. The van der Waals surface area contributed by atoms with E-state index in [1.807, 2.05) is 42.6 Å². The number of benzene rings is 2. The topological polar surface area (TPSA) is 74.0 Å². The number of carbonyl (C=O) groups is 2. The van der Waals surface area contributed by atoms with Gasteiger partial charge in [-0.2, -0.15) is 0 Å². The van der Waals surface area contributed by atoms with Gasteiger partial charge in [0.15, 0.2) is 0 Å². The fraction of sp³-hybridized carbons (Fsp3) is 0.238. The fourth-order valence-electron chi connectivity index (χ4n) is 2.90. The monoisotopic (exact) mass is 349 g/mol. The number of H-pyrrole nitrogens is 1. The Hall–Kier alpha value is -3.08. The van der Waals surface area contributed by atoms with Crippen LogP contribution in [0.15, 0.2) is 54.7 Å². The molecule has 5 heteroatoms. The number of hydrogen-bond donors (Lipinski definition) is 3. The number of hydrogen-bond acceptors (Lipinski definition) is 2. The molecule has 0 aliphatic heterocycles. The predicted octanol–water partition coefficient (Wildman–Crippen LogP) is 3.05. The second kappa shape index (κ2) is 8.34. The number of hydrazine groups is 1. The highest BCUT2D eigenvalue weighted by atomic mass is 16.2. The molecule has 0 aliphatic carbocycles. The second-order valence-electron chi connectivity index (χ2n) is 6.30. The number of para-hydroxylation sites is 1. The Morgan fingerprint density at radius 1 is 0.923 bits per heavy atom. The molecule has 0 radical (unpaired) electrons. The van der Waals surface area contributed by atoms with Crippen molar-refractivity contribution < 1.29 is 9.59 Å². The summed E-state index contributed by atoms with van der Waals surface area (Å²) in [5, 5.41) is 1.02. The van der Waals surface area contributed by atoms with Crippen molar-refractivity contribution in [2.24, 2.45) is 0 Å². The van der Waals surface area contributed by atoms with Crippen LogP contribution in [-0.2, 0) is 28.9 Å². The second-order valence-corrected chi connectivity index (χ2v) is 6.30. The molecule has 3 N–H and O–H groups in total. The zero-order valence-electron chi connectivity index (χ0n) is 14.8. The minimum atomic E-state index is -0.240. The van der Waals surface area contributed by atoms with E-state index < -0.39 is 0 Å². The van der Waals surface area contributed by atoms with Crippen LogP contribution in [0, 0.1) is 0 Å². The number of nitrogens with one attached hydrogen (secondary N) is 3. The summed E-state index contributed by atoms with van der Waals surface area (Å²) < 4.78 is 0. The van der Waals surface area contributed by atoms with Crippen molar-refractivity contribution in [1.29, 1.82) is 0 Å². The third-order valence-corrected chi connectivity index (χ3v) is 4.44. The Kier molecular flexibility index (Phi) is 5.69. The largest absolute Gasteiger partial charge is 0.361 e. The van der Waals surface area contributed by atoms with Crippen molar-refractivity contribution in [2.75, 3.05) is 0 Å². The number of rotatable bonds is 6. The standard InChI is InChI=1S/C21H23N3O2/c1-2-15-7-9-16(10-8-15)11-12-20(25)23-24-21(26)13-17-14-22-19-6-4-3-5-18(17)19/h3-10,14,22H,2,11-13H2,1H3,(H,23,25)(H,24,26). The Bertz CT molecular complexity index is 897. The van der Waals surface area contributed by atoms with Crippen LogP contribution in [-0.4, -0.2) is 16.8 Å². The van der Waals surface area contributed by atoms with Crippen LogP contribution in [0.3, 0.4) is 0 Å². The molecule has 5 nitrogen and oxygen atoms in total. The summed E-state index contributed by atoms with van der Waals surface area (Å²) in [6.07, 6.45) is 4.02. The molecule has 0 bridgehead atoms. The zero-order chi connectivity index (χ0) is 18.4. The average Bonchev–Trinajstić information content (AvgIpc) is 3.08. The van der Waals surface area contributed by atoms with Gasteiger partial charge in [-0.15, -0.1) is 0 Å². The van der Waals surface area contributed by atoms with Crippen LogP contribution in [0.4, 0.5) is 0 Å². The van der Waals surface area contributed by atoms with Gasteiger partial charge in [0.05, 0.1) is 6.42 Å². The van der Waals surface area contributed by atoms with E-state index in [1.54, 1.807) is 0 Å². The van der Waals surface area contributed by atoms with Crippen LogP contribution < -0.4 is 10.9 Å². The van der Waals surface area contributed by atoms with Gasteiger partial charge in [0.1, 0.15) is 0 Å². The molecule has 3 aromatic rings. The van der Waals surface area contributed by atoms with E-state index in [-0.39, 0.29) is 18.2 Å². The number of aryl methyl sites for hydroxylation is 2. The smallest absolute Gasteiger partial charge is 0.242 e. The molecule has 3 rings (SSSR count). The lowest BCUT2D eigenvalue weighted by Crippen LogP contribution is -2.42. The Morgan fingerprint density at radius 3 is 2.38 bits per heavy atom. The summed E-state index contributed by atoms with van der Waals surface area (Å²) in [6.45, 7) is 2.11. The Morgan fingerprint density at radius 2 is 1.62 bits per heavy atom. The van der Waals surface area contributed by atoms with Gasteiger partial charge in [-0.25, -0.2) is 0 Å². The number of aromatic amines is 1. The van der Waals surface area contributed by atoms with Crippen molar-refractivity contribution in [2.45, 2.75) is 32.6 Å². The summed E-state index contributed by atoms with van der Waals surface area (Å²) in [6, 6.07) is 16.1. The number of fused-ring (bicyclic) bond motifs is 1. The molecule has 0 atom stereocenters. The molecule has 0 unspecified atom stereocenters. The minimum Gasteiger partial charge on any atom is -0.361 e. The predicted molar refractivity (Wildman–Crippen MR) is 102 cm³/mol. The summed E-state index contributed by atoms with van der Waals surface area (Å²) >= 11 is 0. The SMILES string of the molecule is CCc1ccc(CCC(=O)NNC(=O)Cc2c[nH]c3ccccc23)cc1. The maximum atomic E-state index is 12.1. The number of amides is 2. The van der Waals surface area contributed by atoms with Crippen molar-refractivity contribution in [1.82, 2.24) is 15.8 Å². The quantitative estimate of drug-likeness (QED) is 0.598. The molecule has 0 saturated carbocycles. The van der Waals surface area contributed by atoms with Gasteiger partial charge in [-0.3, -0.25) is 20.4 Å². The highest BCUT2D eigenvalue weighted by molar-refractivity contribution is 5.89. The first-order valence-electron chi connectivity index (χ1n) is 8.86. The average molecular weight is 349 g/mol. The van der Waals surface area contributed by atoms with Gasteiger partial charge in [0, 0.05) is 23.5 Å². The first-order valence-corrected chi connectivity index (χ1v) is 8.86. The van der Waals surface area contributed by atoms with E-state index >= 15 is 0 Å². The molecule has 1 heterocycles. The molecule has 2 amide bonds. The van der Waals surface area contributed by atoms with E-state index in [0.717, 1.165) is 28.5 Å². The molecule has 26 heavy (non-hydrogen) atoms. The van der Waals surface area contributed by atoms with E-state index in [4.69, 9.17) is 0 Å². The normalized spacial score (nSPS) is 10.7. The summed E-state index contributed by atoms with van der Waals surface area (Å²) in [5.41, 5.74) is 9.27. The molecule has 1 aromatic heterocycles. The van der Waals surface area contributed by atoms with Crippen LogP contribution in [0.25, 0.3) is 10.9 Å². The van der Waals surface area contributed by atoms with Crippen LogP contribution >= 0.6 is 0 Å². The van der Waals surface area contributed by atoms with Gasteiger partial charge in [-0.1, -0.05) is 49.4 Å². The van der Waals surface area contributed by atoms with Crippen molar-refractivity contribution in [3.63, 3.8) is 0 Å². The van der Waals surface area contributed by atoms with Crippen LogP contribution in [0.1, 0.15) is 30.0 Å². The van der Waals surface area contributed by atoms with Crippen LogP contribution in [0.5, 0.6) is 0 Å². The zero-order valence-corrected chi connectivity index (χ0v) is 14.8. The molecular weight excluding hydrogens is 326 g/mol. The fourth-order valence-corrected chi connectivity index (χ4v) is 2.90. The third-order valence-electron chi connectivity index (χ3n) is 4.44. The highest BCUT2D eigenvalue weighted by Crippen LogP contribution is 2.17. The molecule has 0 aliphatic rings. The van der Waals surface area contributed by atoms with E-state index in [0.29, 0.717) is 12.8 Å². The van der Waals surface area contributed by atoms with Gasteiger partial charge < -0.3 is 4.98 Å². The Labute approximate surface area is 152 Å². The maximum Gasteiger partial charge on any atom is 0.242 e. The molecule has 0 fully saturated rings. The number of carbonyl (C=O) groups excluding carboxylic acids is 2. The first kappa shape index (κ1) is 17.7. The highest BCUT2D eigenvalue weighted by Gasteiger charge is 2.09. The van der Waals surface area contributed by atoms with Gasteiger partial charge in [0.25, 0.3) is 0 Å². The summed E-state index contributed by atoms with van der Waals surface area (Å²) in [4.78, 5) is 27.1. The van der Waals surface area contributed by atoms with Crippen molar-refractivity contribution in [3.05, 3.63) is 71.4 Å². The van der Waals surface area contributed by atoms with E-state index in [9.17, 15) is 9.59 Å². The molecule has 0 saturated heterocycles. The molecule has 0 spiro atoms. The lowest BCUT2D eigenvalue weighted by Gasteiger charge is -2.07. The summed E-state index contributed by atoms with van der Waals surface area (Å²) in [5.74, 6) is -0.438. The lowest BCUT2D eigenvalue weighted by molar-refractivity contribution is -0.128. The minimum absolute atomic E-state index is 0.197. The Balaban J connectivity index is 1.44. The molecule has 134 valence electrons. The van der Waals surface area contributed by atoms with Gasteiger partial charge in [-0.05, 0) is 35.6 Å². The lowest BCUT2D eigenvalue weighted by atomic mass is 10.1. The molecule has 2 aromatic carbocycles. The first-order chi connectivity index (χ1) is 12.7. The van der Waals surface area contributed by atoms with Gasteiger partial charge in [0.2, 0.25) is 11.8 Å². The summed E-state index contributed by atoms with van der Waals surface area (Å²) in [7, 11) is 0. The van der Waals surface area contributed by atoms with Gasteiger partial charge >= 0.3 is 0 Å². The van der Waals surface area contributed by atoms with E-state index in [1.165, 1.54) is 5.56 Å². The van der Waals surface area contributed by atoms with Crippen molar-refractivity contribution >= 4 is 22.7 Å². The van der Waals surface area contributed by atoms with Crippen molar-refractivity contribution in [3.8, 4) is 0 Å². The maximum absolute atomic E-state index is 12.1. The molecular formula is C21H23N3O2.